The Morgan fingerprint density at radius 3 is 2.62 bits per heavy atom. The maximum Gasteiger partial charge on any atom is 0.418 e. The van der Waals surface area contributed by atoms with E-state index in [0.717, 1.165) is 23.2 Å². The van der Waals surface area contributed by atoms with Gasteiger partial charge in [0.25, 0.3) is 5.91 Å². The molecule has 0 spiro atoms. The smallest absolute Gasteiger partial charge is 0.418 e. The molecule has 1 fully saturated rings. The van der Waals surface area contributed by atoms with Crippen LogP contribution in [0.4, 0.5) is 13.2 Å². The number of aromatic nitrogens is 1. The summed E-state index contributed by atoms with van der Waals surface area (Å²) in [5.41, 5.74) is -1.80. The molecule has 8 heteroatoms. The molecule has 2 rings (SSSR count). The fourth-order valence-corrected chi connectivity index (χ4v) is 2.50. The number of nitrogens with zero attached hydrogens (tertiary/aromatic N) is 2. The molecule has 21 heavy (non-hydrogen) atoms. The van der Waals surface area contributed by atoms with Crippen molar-refractivity contribution in [2.45, 2.75) is 25.6 Å². The molecule has 2 unspecified atom stereocenters. The number of carbonyl (C=O) groups is 2. The minimum absolute atomic E-state index is 0.102. The van der Waals surface area contributed by atoms with E-state index < -0.39 is 41.3 Å². The fourth-order valence-electron chi connectivity index (χ4n) is 2.50. The minimum atomic E-state index is -4.69. The zero-order valence-corrected chi connectivity index (χ0v) is 11.1. The first-order valence-electron chi connectivity index (χ1n) is 6.29. The van der Waals surface area contributed by atoms with Gasteiger partial charge < -0.3 is 10.0 Å². The number of carboxylic acids is 1. The van der Waals surface area contributed by atoms with Crippen molar-refractivity contribution in [2.75, 3.05) is 6.54 Å². The predicted octanol–water partition coefficient (Wildman–Crippen LogP) is 2.04. The SMILES string of the molecule is CC1C(C(=O)O)CCN1C(=O)c1ncccc1C(F)(F)F. The lowest BCUT2D eigenvalue weighted by Crippen LogP contribution is -2.39. The molecule has 2 heterocycles. The standard InChI is InChI=1S/C13H13F3N2O3/c1-7-8(12(20)21)4-6-18(7)11(19)10-9(13(14,15)16)3-2-5-17-10/h2-3,5,7-8H,4,6H2,1H3,(H,20,21). The summed E-state index contributed by atoms with van der Waals surface area (Å²) in [6.07, 6.45) is -3.36. The number of aliphatic carboxylic acids is 1. The molecule has 5 nitrogen and oxygen atoms in total. The molecule has 0 aromatic carbocycles. The number of alkyl halides is 3. The molecule has 1 saturated heterocycles. The first kappa shape index (κ1) is 15.3. The molecule has 1 aliphatic heterocycles. The van der Waals surface area contributed by atoms with Gasteiger partial charge in [-0.05, 0) is 25.5 Å². The van der Waals surface area contributed by atoms with Crippen molar-refractivity contribution < 1.29 is 27.9 Å². The summed E-state index contributed by atoms with van der Waals surface area (Å²) in [4.78, 5) is 27.9. The summed E-state index contributed by atoms with van der Waals surface area (Å²) in [6, 6.07) is 1.22. The zero-order valence-electron chi connectivity index (χ0n) is 11.1. The highest BCUT2D eigenvalue weighted by Gasteiger charge is 2.42. The molecule has 2 atom stereocenters. The quantitative estimate of drug-likeness (QED) is 0.907. The first-order chi connectivity index (χ1) is 9.73. The predicted molar refractivity (Wildman–Crippen MR) is 65.5 cm³/mol. The van der Waals surface area contributed by atoms with E-state index in [1.807, 2.05) is 0 Å². The van der Waals surface area contributed by atoms with E-state index in [9.17, 15) is 22.8 Å². The Balaban J connectivity index is 2.32. The summed E-state index contributed by atoms with van der Waals surface area (Å²) < 4.78 is 38.7. The third-order valence-electron chi connectivity index (χ3n) is 3.65. The van der Waals surface area contributed by atoms with Crippen LogP contribution in [0.3, 0.4) is 0 Å². The Hall–Kier alpha value is -2.12. The summed E-state index contributed by atoms with van der Waals surface area (Å²) in [7, 11) is 0. The van der Waals surface area contributed by atoms with Gasteiger partial charge in [-0.3, -0.25) is 14.6 Å². The van der Waals surface area contributed by atoms with Gasteiger partial charge in [-0.25, -0.2) is 0 Å². The lowest BCUT2D eigenvalue weighted by Gasteiger charge is -2.24. The highest BCUT2D eigenvalue weighted by molar-refractivity contribution is 5.94. The van der Waals surface area contributed by atoms with Gasteiger partial charge in [-0.15, -0.1) is 0 Å². The van der Waals surface area contributed by atoms with Crippen molar-refractivity contribution in [3.8, 4) is 0 Å². The van der Waals surface area contributed by atoms with Crippen molar-refractivity contribution >= 4 is 11.9 Å². The molecule has 114 valence electrons. The second kappa shape index (κ2) is 5.34. The monoisotopic (exact) mass is 302 g/mol. The van der Waals surface area contributed by atoms with Gasteiger partial charge >= 0.3 is 12.1 Å². The molecule has 1 amide bonds. The van der Waals surface area contributed by atoms with Gasteiger partial charge in [0, 0.05) is 18.8 Å². The van der Waals surface area contributed by atoms with Gasteiger partial charge in [0.15, 0.2) is 0 Å². The number of hydrogen-bond acceptors (Lipinski definition) is 3. The van der Waals surface area contributed by atoms with Crippen LogP contribution in [0, 0.1) is 5.92 Å². The second-order valence-corrected chi connectivity index (χ2v) is 4.87. The van der Waals surface area contributed by atoms with Crippen LogP contribution in [-0.4, -0.2) is 39.5 Å². The van der Waals surface area contributed by atoms with Gasteiger partial charge in [-0.2, -0.15) is 13.2 Å². The van der Waals surface area contributed by atoms with Crippen molar-refractivity contribution in [3.05, 3.63) is 29.6 Å². The summed E-state index contributed by atoms with van der Waals surface area (Å²) in [6.45, 7) is 1.62. The molecule has 1 aliphatic rings. The summed E-state index contributed by atoms with van der Waals surface area (Å²) >= 11 is 0. The van der Waals surface area contributed by atoms with Gasteiger partial charge in [-0.1, -0.05) is 0 Å². The van der Waals surface area contributed by atoms with Gasteiger partial charge in [0.05, 0.1) is 11.5 Å². The Kier molecular flexibility index (Phi) is 3.89. The number of halogens is 3. The molecule has 0 aliphatic carbocycles. The number of carbonyl (C=O) groups excluding carboxylic acids is 1. The fraction of sp³-hybridized carbons (Fsp3) is 0.462. The van der Waals surface area contributed by atoms with Gasteiger partial charge in [0.1, 0.15) is 5.69 Å². The lowest BCUT2D eigenvalue weighted by atomic mass is 10.0. The number of rotatable bonds is 2. The van der Waals surface area contributed by atoms with E-state index in [4.69, 9.17) is 5.11 Å². The normalized spacial score (nSPS) is 22.4. The minimum Gasteiger partial charge on any atom is -0.481 e. The molecule has 0 radical (unpaired) electrons. The average Bonchev–Trinajstić information content (AvgIpc) is 2.79. The van der Waals surface area contributed by atoms with Crippen LogP contribution in [0.15, 0.2) is 18.3 Å². The molecule has 0 saturated carbocycles. The van der Waals surface area contributed by atoms with Crippen molar-refractivity contribution in [1.82, 2.24) is 9.88 Å². The van der Waals surface area contributed by atoms with Gasteiger partial charge in [0.2, 0.25) is 0 Å². The maximum absolute atomic E-state index is 12.9. The van der Waals surface area contributed by atoms with Crippen LogP contribution in [0.5, 0.6) is 0 Å². The van der Waals surface area contributed by atoms with Crippen LogP contribution in [-0.2, 0) is 11.0 Å². The zero-order chi connectivity index (χ0) is 15.8. The number of pyridine rings is 1. The average molecular weight is 302 g/mol. The summed E-state index contributed by atoms with van der Waals surface area (Å²) in [5.74, 6) is -2.72. The van der Waals surface area contributed by atoms with E-state index in [-0.39, 0.29) is 13.0 Å². The Bertz CT molecular complexity index is 574. The van der Waals surface area contributed by atoms with Crippen LogP contribution in [0.25, 0.3) is 0 Å². The number of likely N-dealkylation sites (tertiary alicyclic amines) is 1. The van der Waals surface area contributed by atoms with E-state index in [0.29, 0.717) is 0 Å². The Labute approximate surface area is 118 Å². The Morgan fingerprint density at radius 1 is 1.43 bits per heavy atom. The van der Waals surface area contributed by atoms with Crippen molar-refractivity contribution in [1.29, 1.82) is 0 Å². The Morgan fingerprint density at radius 2 is 2.10 bits per heavy atom. The number of hydrogen-bond donors (Lipinski definition) is 1. The topological polar surface area (TPSA) is 70.5 Å². The van der Waals surface area contributed by atoms with Crippen LogP contribution in [0.2, 0.25) is 0 Å². The molecule has 0 bridgehead atoms. The molecule has 1 N–H and O–H groups in total. The molecule has 1 aromatic rings. The second-order valence-electron chi connectivity index (χ2n) is 4.87. The van der Waals surface area contributed by atoms with Crippen LogP contribution >= 0.6 is 0 Å². The van der Waals surface area contributed by atoms with E-state index >= 15 is 0 Å². The maximum atomic E-state index is 12.9. The van der Waals surface area contributed by atoms with Crippen LogP contribution < -0.4 is 0 Å². The molecular weight excluding hydrogens is 289 g/mol. The van der Waals surface area contributed by atoms with Crippen molar-refractivity contribution in [2.24, 2.45) is 5.92 Å². The third-order valence-corrected chi connectivity index (χ3v) is 3.65. The van der Waals surface area contributed by atoms with Crippen LogP contribution in [0.1, 0.15) is 29.4 Å². The highest BCUT2D eigenvalue weighted by Crippen LogP contribution is 2.33. The highest BCUT2D eigenvalue weighted by atomic mass is 19.4. The first-order valence-corrected chi connectivity index (χ1v) is 6.29. The van der Waals surface area contributed by atoms with E-state index in [1.54, 1.807) is 0 Å². The molecule has 1 aromatic heterocycles. The van der Waals surface area contributed by atoms with E-state index in [2.05, 4.69) is 4.98 Å². The largest absolute Gasteiger partial charge is 0.481 e. The third kappa shape index (κ3) is 2.84. The van der Waals surface area contributed by atoms with Crippen molar-refractivity contribution in [3.63, 3.8) is 0 Å². The molecular formula is C13H13F3N2O3. The number of amides is 1. The lowest BCUT2D eigenvalue weighted by molar-refractivity contribution is -0.142. The summed E-state index contributed by atoms with van der Waals surface area (Å²) in [5, 5.41) is 9.00. The van der Waals surface area contributed by atoms with E-state index in [1.165, 1.54) is 6.92 Å². The number of carboxylic acid groups (broad SMARTS) is 1.